The average molecular weight is 310 g/mol. The molecule has 0 atom stereocenters. The smallest absolute Gasteiger partial charge is 0.545 e. The summed E-state index contributed by atoms with van der Waals surface area (Å²) in [6, 6.07) is 13.5. The number of rotatable bonds is 3. The van der Waals surface area contributed by atoms with Gasteiger partial charge in [-0.15, -0.1) is 0 Å². The summed E-state index contributed by atoms with van der Waals surface area (Å²) in [7, 11) is 0. The van der Waals surface area contributed by atoms with Gasteiger partial charge in [-0.1, -0.05) is 42.5 Å². The van der Waals surface area contributed by atoms with E-state index >= 15 is 0 Å². The van der Waals surface area contributed by atoms with E-state index in [2.05, 4.69) is 0 Å². The standard InChI is InChI=1S/C8H6O4.C7H6O2.Na/c9-7(10)5-3-1-2-4-6(5)8(11)12;8-7(9)6-4-2-1-3-5-6;/h1-4H,(H,9,10)(H,11,12);1-5H,(H,8,9);/q;;+1/p-1. The number of hydrogen-bond donors (Lipinski definition) is 2. The van der Waals surface area contributed by atoms with E-state index in [0.29, 0.717) is 0 Å². The first kappa shape index (κ1) is 19.9. The van der Waals surface area contributed by atoms with Gasteiger partial charge in [0.15, 0.2) is 0 Å². The van der Waals surface area contributed by atoms with Crippen LogP contribution in [0.25, 0.3) is 0 Å². The fourth-order valence-corrected chi connectivity index (χ4v) is 1.43. The van der Waals surface area contributed by atoms with Crippen molar-refractivity contribution in [3.63, 3.8) is 0 Å². The molecule has 0 saturated heterocycles. The molecule has 6 nitrogen and oxygen atoms in total. The van der Waals surface area contributed by atoms with E-state index in [4.69, 9.17) is 10.2 Å². The first-order chi connectivity index (χ1) is 9.93. The summed E-state index contributed by atoms with van der Waals surface area (Å²) in [6.45, 7) is 0. The van der Waals surface area contributed by atoms with Gasteiger partial charge in [0, 0.05) is 0 Å². The molecular weight excluding hydrogens is 299 g/mol. The maximum atomic E-state index is 10.5. The molecule has 2 rings (SSSR count). The average Bonchev–Trinajstić information content (AvgIpc) is 2.48. The van der Waals surface area contributed by atoms with Gasteiger partial charge in [0.05, 0.1) is 17.1 Å². The minimum atomic E-state index is -1.23. The van der Waals surface area contributed by atoms with Crippen LogP contribution >= 0.6 is 0 Å². The third kappa shape index (κ3) is 6.09. The molecule has 108 valence electrons. The third-order valence-electron chi connectivity index (χ3n) is 2.40. The van der Waals surface area contributed by atoms with Crippen LogP contribution in [0.15, 0.2) is 54.6 Å². The largest absolute Gasteiger partial charge is 1.00 e. The summed E-state index contributed by atoms with van der Waals surface area (Å²) in [5.41, 5.74) is -0.160. The number of aromatic carboxylic acids is 3. The normalized spacial score (nSPS) is 8.73. The Kier molecular flexibility index (Phi) is 8.78. The molecule has 7 heteroatoms. The molecule has 0 saturated carbocycles. The molecule has 0 fully saturated rings. The van der Waals surface area contributed by atoms with E-state index < -0.39 is 17.9 Å². The quantitative estimate of drug-likeness (QED) is 0.642. The topological polar surface area (TPSA) is 115 Å². The molecule has 0 bridgehead atoms. The summed E-state index contributed by atoms with van der Waals surface area (Å²) < 4.78 is 0. The maximum Gasteiger partial charge on any atom is 1.00 e. The Balaban J connectivity index is 0.000000397. The van der Waals surface area contributed by atoms with Crippen molar-refractivity contribution < 1.29 is 59.3 Å². The Bertz CT molecular complexity index is 621. The summed E-state index contributed by atoms with van der Waals surface area (Å²) in [4.78, 5) is 31.0. The monoisotopic (exact) mass is 310 g/mol. The molecule has 0 aliphatic heterocycles. The predicted molar refractivity (Wildman–Crippen MR) is 71.1 cm³/mol. The molecule has 0 unspecified atom stereocenters. The maximum absolute atomic E-state index is 10.5. The molecule has 2 aromatic carbocycles. The second-order valence-corrected chi connectivity index (χ2v) is 3.81. The molecule has 0 heterocycles. The predicted octanol–water partition coefficient (Wildman–Crippen LogP) is -1.86. The minimum Gasteiger partial charge on any atom is -0.545 e. The van der Waals surface area contributed by atoms with E-state index in [1.54, 1.807) is 18.2 Å². The van der Waals surface area contributed by atoms with Gasteiger partial charge in [0.2, 0.25) is 0 Å². The second kappa shape index (κ2) is 9.73. The molecular formula is C15H11NaO6. The first-order valence-electron chi connectivity index (χ1n) is 5.75. The van der Waals surface area contributed by atoms with Crippen LogP contribution in [0.1, 0.15) is 31.1 Å². The molecule has 0 spiro atoms. The van der Waals surface area contributed by atoms with Crippen molar-refractivity contribution in [2.75, 3.05) is 0 Å². The molecule has 2 N–H and O–H groups in total. The Morgan fingerprint density at radius 2 is 1.09 bits per heavy atom. The van der Waals surface area contributed by atoms with Gasteiger partial charge in [0.25, 0.3) is 0 Å². The molecule has 0 aliphatic carbocycles. The first-order valence-corrected chi connectivity index (χ1v) is 5.75. The van der Waals surface area contributed by atoms with Crippen LogP contribution in [0.3, 0.4) is 0 Å². The van der Waals surface area contributed by atoms with Crippen LogP contribution in [-0.2, 0) is 0 Å². The van der Waals surface area contributed by atoms with E-state index in [1.165, 1.54) is 36.4 Å². The van der Waals surface area contributed by atoms with Gasteiger partial charge in [-0.05, 0) is 17.7 Å². The zero-order valence-electron chi connectivity index (χ0n) is 11.7. The summed E-state index contributed by atoms with van der Waals surface area (Å²) in [6.07, 6.45) is 0. The molecule has 0 radical (unpaired) electrons. The van der Waals surface area contributed by atoms with Crippen molar-refractivity contribution >= 4 is 17.9 Å². The summed E-state index contributed by atoms with van der Waals surface area (Å²) in [5.74, 6) is -3.59. The Labute approximate surface area is 148 Å². The Morgan fingerprint density at radius 3 is 1.36 bits per heavy atom. The van der Waals surface area contributed by atoms with Crippen LogP contribution in [0, 0.1) is 0 Å². The molecule has 2 aromatic rings. The Hall–Kier alpha value is -2.15. The van der Waals surface area contributed by atoms with Gasteiger partial charge in [-0.3, -0.25) is 0 Å². The molecule has 22 heavy (non-hydrogen) atoms. The minimum absolute atomic E-state index is 0. The van der Waals surface area contributed by atoms with E-state index in [0.717, 1.165) is 0 Å². The van der Waals surface area contributed by atoms with Crippen molar-refractivity contribution in [1.82, 2.24) is 0 Å². The van der Waals surface area contributed by atoms with Crippen molar-refractivity contribution in [3.05, 3.63) is 71.3 Å². The molecule has 0 aromatic heterocycles. The van der Waals surface area contributed by atoms with E-state index in [1.807, 2.05) is 0 Å². The molecule has 0 aliphatic rings. The number of carboxylic acid groups (broad SMARTS) is 3. The van der Waals surface area contributed by atoms with Crippen LogP contribution in [0.2, 0.25) is 0 Å². The van der Waals surface area contributed by atoms with Crippen molar-refractivity contribution in [2.45, 2.75) is 0 Å². The van der Waals surface area contributed by atoms with Gasteiger partial charge in [0.1, 0.15) is 0 Å². The summed E-state index contributed by atoms with van der Waals surface area (Å²) >= 11 is 0. The zero-order chi connectivity index (χ0) is 15.8. The van der Waals surface area contributed by atoms with Gasteiger partial charge < -0.3 is 20.1 Å². The van der Waals surface area contributed by atoms with Crippen LogP contribution in [0.5, 0.6) is 0 Å². The molecule has 0 amide bonds. The van der Waals surface area contributed by atoms with Gasteiger partial charge >= 0.3 is 41.5 Å². The fourth-order valence-electron chi connectivity index (χ4n) is 1.43. The van der Waals surface area contributed by atoms with Crippen LogP contribution < -0.4 is 34.7 Å². The fraction of sp³-hybridized carbons (Fsp3) is 0. The number of carbonyl (C=O) groups is 3. The second-order valence-electron chi connectivity index (χ2n) is 3.81. The van der Waals surface area contributed by atoms with Crippen molar-refractivity contribution in [3.8, 4) is 0 Å². The van der Waals surface area contributed by atoms with E-state index in [-0.39, 0.29) is 46.2 Å². The number of hydrogen-bond acceptors (Lipinski definition) is 4. The number of carbonyl (C=O) groups excluding carboxylic acids is 1. The van der Waals surface area contributed by atoms with Crippen molar-refractivity contribution in [1.29, 1.82) is 0 Å². The van der Waals surface area contributed by atoms with Gasteiger partial charge in [-0.25, -0.2) is 9.59 Å². The number of benzene rings is 2. The van der Waals surface area contributed by atoms with Gasteiger partial charge in [-0.2, -0.15) is 0 Å². The van der Waals surface area contributed by atoms with Crippen LogP contribution in [-0.4, -0.2) is 28.1 Å². The summed E-state index contributed by atoms with van der Waals surface area (Å²) in [5, 5.41) is 27.2. The zero-order valence-corrected chi connectivity index (χ0v) is 13.7. The van der Waals surface area contributed by atoms with Crippen LogP contribution in [0.4, 0.5) is 0 Å². The number of carboxylic acids is 3. The third-order valence-corrected chi connectivity index (χ3v) is 2.40. The SMILES string of the molecule is O=C(O)c1ccccc1C(=O)O.O=C([O-])c1ccccc1.[Na+]. The Morgan fingerprint density at radius 1 is 0.727 bits per heavy atom. The van der Waals surface area contributed by atoms with Crippen molar-refractivity contribution in [2.24, 2.45) is 0 Å². The van der Waals surface area contributed by atoms with E-state index in [9.17, 15) is 19.5 Å².